The van der Waals surface area contributed by atoms with Crippen molar-refractivity contribution in [2.45, 2.75) is 19.5 Å². The van der Waals surface area contributed by atoms with E-state index >= 15 is 0 Å². The van der Waals surface area contributed by atoms with Crippen LogP contribution in [-0.4, -0.2) is 63.2 Å². The van der Waals surface area contributed by atoms with Crippen molar-refractivity contribution in [3.63, 3.8) is 0 Å². The van der Waals surface area contributed by atoms with E-state index in [4.69, 9.17) is 5.11 Å². The second-order valence-electron chi connectivity index (χ2n) is 5.84. The van der Waals surface area contributed by atoms with Crippen molar-refractivity contribution in [3.05, 3.63) is 42.2 Å². The van der Waals surface area contributed by atoms with E-state index in [0.717, 1.165) is 26.2 Å². The van der Waals surface area contributed by atoms with Crippen LogP contribution in [0.5, 0.6) is 0 Å². The van der Waals surface area contributed by atoms with Gasteiger partial charge in [0.05, 0.1) is 12.7 Å². The number of para-hydroxylation sites is 1. The molecule has 0 aliphatic carbocycles. The summed E-state index contributed by atoms with van der Waals surface area (Å²) >= 11 is 0. The third-order valence-corrected chi connectivity index (χ3v) is 4.27. The van der Waals surface area contributed by atoms with E-state index < -0.39 is 5.97 Å². The summed E-state index contributed by atoms with van der Waals surface area (Å²) in [6.07, 6.45) is 1.49. The number of benzene rings is 1. The Morgan fingerprint density at radius 3 is 2.52 bits per heavy atom. The number of aromatic nitrogens is 3. The molecule has 3 rings (SSSR count). The molecule has 1 aliphatic heterocycles. The van der Waals surface area contributed by atoms with Crippen LogP contribution in [0.1, 0.15) is 17.4 Å². The number of carboxylic acid groups (broad SMARTS) is 1. The van der Waals surface area contributed by atoms with Crippen molar-refractivity contribution >= 4 is 11.7 Å². The maximum absolute atomic E-state index is 10.8. The van der Waals surface area contributed by atoms with Crippen LogP contribution in [0.4, 0.5) is 5.69 Å². The lowest BCUT2D eigenvalue weighted by molar-refractivity contribution is 0.0690. The van der Waals surface area contributed by atoms with Crippen LogP contribution in [-0.2, 0) is 6.54 Å². The molecule has 0 bridgehead atoms. The molecule has 1 saturated heterocycles. The van der Waals surface area contributed by atoms with Crippen LogP contribution in [0.2, 0.25) is 0 Å². The Morgan fingerprint density at radius 1 is 1.22 bits per heavy atom. The molecule has 0 amide bonds. The van der Waals surface area contributed by atoms with Gasteiger partial charge in [-0.1, -0.05) is 23.4 Å². The van der Waals surface area contributed by atoms with E-state index in [-0.39, 0.29) is 11.7 Å². The van der Waals surface area contributed by atoms with E-state index in [1.54, 1.807) is 4.68 Å². The summed E-state index contributed by atoms with van der Waals surface area (Å²) in [5.74, 6) is -1.04. The standard InChI is InChI=1S/C16H21N5O2/c1-13(11-21-12-15(16(22)23)17-18-21)19-7-9-20(10-8-19)14-5-3-2-4-6-14/h2-6,12-13H,7-11H2,1H3,(H,22,23). The van der Waals surface area contributed by atoms with Crippen molar-refractivity contribution in [1.82, 2.24) is 19.9 Å². The molecule has 7 heteroatoms. The monoisotopic (exact) mass is 315 g/mol. The lowest BCUT2D eigenvalue weighted by Gasteiger charge is -2.39. The van der Waals surface area contributed by atoms with Gasteiger partial charge in [0, 0.05) is 37.9 Å². The minimum atomic E-state index is -1.04. The Bertz CT molecular complexity index is 650. The van der Waals surface area contributed by atoms with Gasteiger partial charge in [0.2, 0.25) is 0 Å². The summed E-state index contributed by atoms with van der Waals surface area (Å²) in [6, 6.07) is 10.7. The number of hydrogen-bond donors (Lipinski definition) is 1. The number of aromatic carboxylic acids is 1. The fraction of sp³-hybridized carbons (Fsp3) is 0.438. The summed E-state index contributed by atoms with van der Waals surface area (Å²) in [5, 5.41) is 16.4. The molecule has 7 nitrogen and oxygen atoms in total. The first-order valence-electron chi connectivity index (χ1n) is 7.81. The zero-order valence-corrected chi connectivity index (χ0v) is 13.2. The highest BCUT2D eigenvalue weighted by Crippen LogP contribution is 2.17. The normalized spacial score (nSPS) is 17.2. The predicted molar refractivity (Wildman–Crippen MR) is 86.7 cm³/mol. The van der Waals surface area contributed by atoms with E-state index in [0.29, 0.717) is 6.54 Å². The molecular weight excluding hydrogens is 294 g/mol. The largest absolute Gasteiger partial charge is 0.476 e. The first-order chi connectivity index (χ1) is 11.1. The number of piperazine rings is 1. The zero-order valence-electron chi connectivity index (χ0n) is 13.2. The first-order valence-corrected chi connectivity index (χ1v) is 7.81. The molecule has 2 aromatic rings. The highest BCUT2D eigenvalue weighted by Gasteiger charge is 2.22. The Morgan fingerprint density at radius 2 is 1.91 bits per heavy atom. The molecule has 1 fully saturated rings. The molecule has 1 atom stereocenters. The molecule has 1 N–H and O–H groups in total. The van der Waals surface area contributed by atoms with Gasteiger partial charge >= 0.3 is 5.97 Å². The number of hydrogen-bond acceptors (Lipinski definition) is 5. The Hall–Kier alpha value is -2.41. The number of rotatable bonds is 5. The summed E-state index contributed by atoms with van der Waals surface area (Å²) in [4.78, 5) is 15.6. The number of nitrogens with zero attached hydrogens (tertiary/aromatic N) is 5. The lowest BCUT2D eigenvalue weighted by Crippen LogP contribution is -2.50. The highest BCUT2D eigenvalue weighted by molar-refractivity contribution is 5.84. The van der Waals surface area contributed by atoms with Gasteiger partial charge in [0.15, 0.2) is 5.69 Å². The van der Waals surface area contributed by atoms with Crippen molar-refractivity contribution < 1.29 is 9.90 Å². The molecule has 122 valence electrons. The third-order valence-electron chi connectivity index (χ3n) is 4.27. The van der Waals surface area contributed by atoms with Gasteiger partial charge in [-0.2, -0.15) is 0 Å². The smallest absolute Gasteiger partial charge is 0.358 e. The Labute approximate surface area is 135 Å². The number of carbonyl (C=O) groups is 1. The van der Waals surface area contributed by atoms with Crippen molar-refractivity contribution in [2.75, 3.05) is 31.1 Å². The third kappa shape index (κ3) is 3.68. The van der Waals surface area contributed by atoms with E-state index in [9.17, 15) is 4.79 Å². The molecule has 1 aromatic carbocycles. The molecule has 0 saturated carbocycles. The minimum absolute atomic E-state index is 0.00824. The minimum Gasteiger partial charge on any atom is -0.476 e. The molecule has 2 heterocycles. The van der Waals surface area contributed by atoms with Crippen molar-refractivity contribution in [3.8, 4) is 0 Å². The molecule has 0 radical (unpaired) electrons. The fourth-order valence-electron chi connectivity index (χ4n) is 2.93. The Balaban J connectivity index is 1.53. The second kappa shape index (κ2) is 6.78. The van der Waals surface area contributed by atoms with Gasteiger partial charge in [-0.05, 0) is 19.1 Å². The second-order valence-corrected chi connectivity index (χ2v) is 5.84. The fourth-order valence-corrected chi connectivity index (χ4v) is 2.93. The van der Waals surface area contributed by atoms with Crippen LogP contribution in [0.25, 0.3) is 0 Å². The average Bonchev–Trinajstić information content (AvgIpc) is 3.04. The molecule has 0 spiro atoms. The molecule has 1 unspecified atom stereocenters. The molecule has 1 aliphatic rings. The topological polar surface area (TPSA) is 74.5 Å². The van der Waals surface area contributed by atoms with Gasteiger partial charge < -0.3 is 10.0 Å². The Kier molecular flexibility index (Phi) is 4.57. The average molecular weight is 315 g/mol. The molecule has 23 heavy (non-hydrogen) atoms. The summed E-state index contributed by atoms with van der Waals surface area (Å²) < 4.78 is 1.61. The first kappa shape index (κ1) is 15.5. The number of carboxylic acids is 1. The lowest BCUT2D eigenvalue weighted by atomic mass is 10.2. The van der Waals surface area contributed by atoms with Gasteiger partial charge in [-0.3, -0.25) is 9.58 Å². The maximum atomic E-state index is 10.8. The van der Waals surface area contributed by atoms with E-state index in [2.05, 4.69) is 51.3 Å². The van der Waals surface area contributed by atoms with Crippen LogP contribution in [0.3, 0.4) is 0 Å². The predicted octanol–water partition coefficient (Wildman–Crippen LogP) is 1.19. The summed E-state index contributed by atoms with van der Waals surface area (Å²) in [7, 11) is 0. The van der Waals surface area contributed by atoms with Crippen molar-refractivity contribution in [1.29, 1.82) is 0 Å². The summed E-state index contributed by atoms with van der Waals surface area (Å²) in [6.45, 7) is 6.73. The van der Waals surface area contributed by atoms with Crippen LogP contribution >= 0.6 is 0 Å². The number of anilines is 1. The zero-order chi connectivity index (χ0) is 16.2. The van der Waals surface area contributed by atoms with Gasteiger partial charge in [0.1, 0.15) is 0 Å². The van der Waals surface area contributed by atoms with Crippen LogP contribution in [0, 0.1) is 0 Å². The van der Waals surface area contributed by atoms with Gasteiger partial charge in [-0.25, -0.2) is 4.79 Å². The quantitative estimate of drug-likeness (QED) is 0.893. The SMILES string of the molecule is CC(Cn1cc(C(=O)O)nn1)N1CCN(c2ccccc2)CC1. The van der Waals surface area contributed by atoms with Crippen molar-refractivity contribution in [2.24, 2.45) is 0 Å². The van der Waals surface area contributed by atoms with E-state index in [1.165, 1.54) is 11.9 Å². The van der Waals surface area contributed by atoms with E-state index in [1.807, 2.05) is 6.07 Å². The maximum Gasteiger partial charge on any atom is 0.358 e. The molecule has 1 aromatic heterocycles. The molecular formula is C16H21N5O2. The summed E-state index contributed by atoms with van der Waals surface area (Å²) in [5.41, 5.74) is 1.26. The van der Waals surface area contributed by atoms with Crippen LogP contribution < -0.4 is 4.90 Å². The van der Waals surface area contributed by atoms with Gasteiger partial charge in [0.25, 0.3) is 0 Å². The van der Waals surface area contributed by atoms with Crippen LogP contribution in [0.15, 0.2) is 36.5 Å². The highest BCUT2D eigenvalue weighted by atomic mass is 16.4. The van der Waals surface area contributed by atoms with Gasteiger partial charge in [-0.15, -0.1) is 5.10 Å².